The molecule has 0 aliphatic rings. The first kappa shape index (κ1) is 12.9. The van der Waals surface area contributed by atoms with Crippen LogP contribution >= 0.6 is 0 Å². The first-order chi connectivity index (χ1) is 10.7. The third-order valence-electron chi connectivity index (χ3n) is 4.34. The average Bonchev–Trinajstić information content (AvgIpc) is 2.85. The molecule has 0 radical (unpaired) electrons. The first-order valence-corrected chi connectivity index (χ1v) is 7.31. The molecule has 4 aromatic rings. The quantitative estimate of drug-likeness (QED) is 0.524. The van der Waals surface area contributed by atoms with Crippen molar-refractivity contribution in [2.75, 3.05) is 0 Å². The monoisotopic (exact) mass is 288 g/mol. The zero-order valence-electron chi connectivity index (χ0n) is 12.6. The Hall–Kier alpha value is -2.81. The van der Waals surface area contributed by atoms with E-state index in [1.165, 1.54) is 5.39 Å². The van der Waals surface area contributed by atoms with E-state index in [0.29, 0.717) is 0 Å². The van der Waals surface area contributed by atoms with Crippen molar-refractivity contribution >= 4 is 21.9 Å². The molecule has 0 aliphatic heterocycles. The van der Waals surface area contributed by atoms with Gasteiger partial charge < -0.3 is 4.57 Å². The zero-order chi connectivity index (χ0) is 15.3. The highest BCUT2D eigenvalue weighted by Gasteiger charge is 2.14. The van der Waals surface area contributed by atoms with Gasteiger partial charge in [-0.1, -0.05) is 48.5 Å². The Morgan fingerprint density at radius 3 is 2.23 bits per heavy atom. The van der Waals surface area contributed by atoms with Crippen LogP contribution in [-0.4, -0.2) is 9.13 Å². The van der Waals surface area contributed by atoms with Crippen LogP contribution < -0.4 is 5.56 Å². The Balaban J connectivity index is 2.21. The number of aromatic nitrogens is 2. The van der Waals surface area contributed by atoms with Crippen LogP contribution in [0, 0.1) is 0 Å². The number of aryl methyl sites for hydroxylation is 2. The molecule has 4 rings (SSSR count). The van der Waals surface area contributed by atoms with E-state index < -0.39 is 0 Å². The van der Waals surface area contributed by atoms with Crippen LogP contribution in [0.2, 0.25) is 0 Å². The second-order valence-corrected chi connectivity index (χ2v) is 5.60. The summed E-state index contributed by atoms with van der Waals surface area (Å²) in [6.07, 6.45) is 0. The van der Waals surface area contributed by atoms with Crippen LogP contribution in [0.25, 0.3) is 33.1 Å². The second kappa shape index (κ2) is 4.60. The number of hydrogen-bond acceptors (Lipinski definition) is 1. The normalized spacial score (nSPS) is 11.4. The molecule has 0 N–H and O–H groups in total. The van der Waals surface area contributed by atoms with Gasteiger partial charge in [0.1, 0.15) is 5.65 Å². The van der Waals surface area contributed by atoms with Crippen molar-refractivity contribution in [3.05, 3.63) is 71.0 Å². The molecule has 0 bridgehead atoms. The summed E-state index contributed by atoms with van der Waals surface area (Å²) >= 11 is 0. The van der Waals surface area contributed by atoms with Crippen molar-refractivity contribution in [2.45, 2.75) is 0 Å². The van der Waals surface area contributed by atoms with Crippen LogP contribution in [-0.2, 0) is 14.1 Å². The van der Waals surface area contributed by atoms with E-state index in [9.17, 15) is 4.79 Å². The summed E-state index contributed by atoms with van der Waals surface area (Å²) in [5.41, 5.74) is 3.82. The highest BCUT2D eigenvalue weighted by molar-refractivity contribution is 6.07. The van der Waals surface area contributed by atoms with Gasteiger partial charge in [-0.05, 0) is 17.7 Å². The van der Waals surface area contributed by atoms with Crippen molar-refractivity contribution in [3.8, 4) is 11.1 Å². The van der Waals surface area contributed by atoms with Gasteiger partial charge in [-0.15, -0.1) is 0 Å². The molecule has 22 heavy (non-hydrogen) atoms. The summed E-state index contributed by atoms with van der Waals surface area (Å²) in [4.78, 5) is 12.8. The SMILES string of the molecule is Cn1c(=O)c(-c2ccccc2)cc2c3ccccc3n(C)c21. The van der Waals surface area contributed by atoms with Gasteiger partial charge in [-0.2, -0.15) is 0 Å². The molecule has 2 heterocycles. The standard InChI is InChI=1S/C19H16N2O/c1-20-17-11-7-6-10-14(17)16-12-15(13-8-4-3-5-9-13)19(22)21(2)18(16)20/h3-12H,1-2H3. The molecule has 3 heteroatoms. The summed E-state index contributed by atoms with van der Waals surface area (Å²) in [7, 11) is 3.85. The molecule has 0 spiro atoms. The minimum Gasteiger partial charge on any atom is -0.330 e. The predicted octanol–water partition coefficient (Wildman–Crippen LogP) is 3.70. The van der Waals surface area contributed by atoms with E-state index in [2.05, 4.69) is 16.7 Å². The summed E-state index contributed by atoms with van der Waals surface area (Å²) in [6, 6.07) is 20.1. The van der Waals surface area contributed by atoms with Crippen LogP contribution in [0.4, 0.5) is 0 Å². The molecule has 0 amide bonds. The topological polar surface area (TPSA) is 26.9 Å². The third kappa shape index (κ3) is 1.65. The number of hydrogen-bond donors (Lipinski definition) is 0. The smallest absolute Gasteiger partial charge is 0.259 e. The Kier molecular flexibility index (Phi) is 2.70. The van der Waals surface area contributed by atoms with Crippen molar-refractivity contribution in [1.82, 2.24) is 9.13 Å². The van der Waals surface area contributed by atoms with Gasteiger partial charge in [0.05, 0.1) is 5.52 Å². The Morgan fingerprint density at radius 1 is 0.773 bits per heavy atom. The van der Waals surface area contributed by atoms with Crippen molar-refractivity contribution in [3.63, 3.8) is 0 Å². The van der Waals surface area contributed by atoms with E-state index in [0.717, 1.165) is 27.7 Å². The molecule has 0 saturated heterocycles. The number of rotatable bonds is 1. The summed E-state index contributed by atoms with van der Waals surface area (Å²) in [6.45, 7) is 0. The lowest BCUT2D eigenvalue weighted by Crippen LogP contribution is -2.20. The molecular formula is C19H16N2O. The maximum absolute atomic E-state index is 12.8. The van der Waals surface area contributed by atoms with Gasteiger partial charge in [0.25, 0.3) is 5.56 Å². The lowest BCUT2D eigenvalue weighted by Gasteiger charge is -2.08. The van der Waals surface area contributed by atoms with Crippen LogP contribution in [0.5, 0.6) is 0 Å². The summed E-state index contributed by atoms with van der Waals surface area (Å²) < 4.78 is 3.83. The molecule has 0 saturated carbocycles. The molecule has 2 aromatic heterocycles. The van der Waals surface area contributed by atoms with Gasteiger partial charge >= 0.3 is 0 Å². The first-order valence-electron chi connectivity index (χ1n) is 7.31. The predicted molar refractivity (Wildman–Crippen MR) is 91.1 cm³/mol. The number of nitrogens with zero attached hydrogens (tertiary/aromatic N) is 2. The molecule has 108 valence electrons. The number of fused-ring (bicyclic) bond motifs is 3. The molecule has 0 atom stereocenters. The van der Waals surface area contributed by atoms with Crippen molar-refractivity contribution in [1.29, 1.82) is 0 Å². The van der Waals surface area contributed by atoms with Gasteiger partial charge in [0.2, 0.25) is 0 Å². The minimum absolute atomic E-state index is 0.0320. The van der Waals surface area contributed by atoms with Crippen LogP contribution in [0.1, 0.15) is 0 Å². The number of benzene rings is 2. The fourth-order valence-corrected chi connectivity index (χ4v) is 3.26. The lowest BCUT2D eigenvalue weighted by molar-refractivity contribution is 0.846. The molecule has 0 fully saturated rings. The minimum atomic E-state index is 0.0320. The van der Waals surface area contributed by atoms with Crippen molar-refractivity contribution in [2.24, 2.45) is 14.1 Å². The summed E-state index contributed by atoms with van der Waals surface area (Å²) in [5, 5.41) is 2.28. The molecule has 0 unspecified atom stereocenters. The van der Waals surface area contributed by atoms with E-state index in [4.69, 9.17) is 0 Å². The zero-order valence-corrected chi connectivity index (χ0v) is 12.6. The lowest BCUT2D eigenvalue weighted by atomic mass is 10.1. The van der Waals surface area contributed by atoms with E-state index in [1.807, 2.05) is 62.6 Å². The van der Waals surface area contributed by atoms with Crippen molar-refractivity contribution < 1.29 is 0 Å². The van der Waals surface area contributed by atoms with E-state index >= 15 is 0 Å². The molecule has 0 aliphatic carbocycles. The van der Waals surface area contributed by atoms with Crippen LogP contribution in [0.15, 0.2) is 65.5 Å². The second-order valence-electron chi connectivity index (χ2n) is 5.60. The average molecular weight is 288 g/mol. The van der Waals surface area contributed by atoms with E-state index in [1.54, 1.807) is 4.57 Å². The maximum atomic E-state index is 12.8. The summed E-state index contributed by atoms with van der Waals surface area (Å²) in [5.74, 6) is 0. The highest BCUT2D eigenvalue weighted by atomic mass is 16.1. The third-order valence-corrected chi connectivity index (χ3v) is 4.34. The molecule has 3 nitrogen and oxygen atoms in total. The van der Waals surface area contributed by atoms with Gasteiger partial charge in [-0.3, -0.25) is 9.36 Å². The van der Waals surface area contributed by atoms with E-state index in [-0.39, 0.29) is 5.56 Å². The Morgan fingerprint density at radius 2 is 1.45 bits per heavy atom. The maximum Gasteiger partial charge on any atom is 0.259 e. The van der Waals surface area contributed by atoms with Gasteiger partial charge in [0, 0.05) is 30.4 Å². The number of para-hydroxylation sites is 1. The largest absolute Gasteiger partial charge is 0.330 e. The van der Waals surface area contributed by atoms with Gasteiger partial charge in [-0.25, -0.2) is 0 Å². The Bertz CT molecular complexity index is 1060. The molecular weight excluding hydrogens is 272 g/mol. The van der Waals surface area contributed by atoms with Crippen LogP contribution in [0.3, 0.4) is 0 Å². The fourth-order valence-electron chi connectivity index (χ4n) is 3.26. The molecule has 2 aromatic carbocycles. The Labute approximate surface area is 128 Å². The highest BCUT2D eigenvalue weighted by Crippen LogP contribution is 2.29. The van der Waals surface area contributed by atoms with Gasteiger partial charge in [0.15, 0.2) is 0 Å². The number of pyridine rings is 1. The fraction of sp³-hybridized carbons (Fsp3) is 0.105.